The van der Waals surface area contributed by atoms with E-state index in [1.165, 1.54) is 18.4 Å². The highest BCUT2D eigenvalue weighted by atomic mass is 16.5. The summed E-state index contributed by atoms with van der Waals surface area (Å²) in [6.07, 6.45) is 6.41. The Balaban J connectivity index is 1.24. The quantitative estimate of drug-likeness (QED) is 0.817. The van der Waals surface area contributed by atoms with Crippen LogP contribution in [-0.4, -0.2) is 48.2 Å². The van der Waals surface area contributed by atoms with Gasteiger partial charge in [-0.3, -0.25) is 4.79 Å². The van der Waals surface area contributed by atoms with Crippen LogP contribution in [0.4, 0.5) is 10.5 Å². The minimum atomic E-state index is -0.323. The van der Waals surface area contributed by atoms with Gasteiger partial charge < -0.3 is 20.3 Å². The average molecular weight is 386 g/mol. The Morgan fingerprint density at radius 1 is 1.11 bits per heavy atom. The molecule has 3 amide bonds. The number of hydrogen-bond donors (Lipinski definition) is 2. The Hall–Kier alpha value is -2.08. The Kier molecular flexibility index (Phi) is 5.58. The molecule has 3 aliphatic rings. The second-order valence-corrected chi connectivity index (χ2v) is 8.48. The van der Waals surface area contributed by atoms with Crippen LogP contribution in [0, 0.1) is 5.92 Å². The summed E-state index contributed by atoms with van der Waals surface area (Å²) in [5.41, 5.74) is 1.85. The number of aryl methyl sites for hydroxylation is 1. The summed E-state index contributed by atoms with van der Waals surface area (Å²) < 4.78 is 6.21. The average Bonchev–Trinajstić information content (AvgIpc) is 3.47. The zero-order chi connectivity index (χ0) is 19.6. The molecule has 1 unspecified atom stereocenters. The van der Waals surface area contributed by atoms with E-state index in [0.717, 1.165) is 44.3 Å². The predicted octanol–water partition coefficient (Wildman–Crippen LogP) is 3.32. The minimum absolute atomic E-state index is 0.0412. The first-order valence-electron chi connectivity index (χ1n) is 10.7. The second-order valence-electron chi connectivity index (χ2n) is 8.48. The van der Waals surface area contributed by atoms with Crippen molar-refractivity contribution in [1.82, 2.24) is 10.2 Å². The third-order valence-electron chi connectivity index (χ3n) is 6.38. The SMILES string of the molecule is CCc1ccc(NC(=O)N2CCC3(CCC(C(=O)NCC4CC4)O3)CC2)cc1. The summed E-state index contributed by atoms with van der Waals surface area (Å²) in [5, 5.41) is 6.02. The molecule has 6 nitrogen and oxygen atoms in total. The van der Waals surface area contributed by atoms with Crippen molar-refractivity contribution >= 4 is 17.6 Å². The van der Waals surface area contributed by atoms with Crippen LogP contribution in [-0.2, 0) is 16.0 Å². The summed E-state index contributed by atoms with van der Waals surface area (Å²) in [6, 6.07) is 7.93. The highest BCUT2D eigenvalue weighted by Crippen LogP contribution is 2.39. The fourth-order valence-electron chi connectivity index (χ4n) is 4.19. The van der Waals surface area contributed by atoms with Gasteiger partial charge in [0.2, 0.25) is 5.91 Å². The molecule has 28 heavy (non-hydrogen) atoms. The molecule has 0 bridgehead atoms. The number of carbonyl (C=O) groups excluding carboxylic acids is 2. The lowest BCUT2D eigenvalue weighted by molar-refractivity contribution is -0.140. The number of likely N-dealkylation sites (tertiary alicyclic amines) is 1. The highest BCUT2D eigenvalue weighted by molar-refractivity contribution is 5.89. The van der Waals surface area contributed by atoms with Crippen molar-refractivity contribution in [2.24, 2.45) is 5.92 Å². The van der Waals surface area contributed by atoms with Crippen molar-refractivity contribution in [3.05, 3.63) is 29.8 Å². The Morgan fingerprint density at radius 2 is 1.82 bits per heavy atom. The van der Waals surface area contributed by atoms with Crippen molar-refractivity contribution in [2.75, 3.05) is 25.0 Å². The zero-order valence-corrected chi connectivity index (χ0v) is 16.7. The lowest BCUT2D eigenvalue weighted by Crippen LogP contribution is -2.48. The molecule has 2 N–H and O–H groups in total. The summed E-state index contributed by atoms with van der Waals surface area (Å²) >= 11 is 0. The first-order chi connectivity index (χ1) is 13.6. The maximum absolute atomic E-state index is 12.6. The van der Waals surface area contributed by atoms with E-state index in [1.54, 1.807) is 0 Å². The van der Waals surface area contributed by atoms with E-state index < -0.39 is 0 Å². The predicted molar refractivity (Wildman–Crippen MR) is 108 cm³/mol. The molecule has 3 fully saturated rings. The van der Waals surface area contributed by atoms with Gasteiger partial charge in [0.05, 0.1) is 5.60 Å². The Bertz CT molecular complexity index is 706. The number of benzene rings is 1. The normalized spacial score (nSPS) is 23.6. The van der Waals surface area contributed by atoms with Crippen molar-refractivity contribution in [1.29, 1.82) is 0 Å². The molecule has 1 saturated carbocycles. The van der Waals surface area contributed by atoms with Crippen LogP contribution in [0.3, 0.4) is 0 Å². The number of hydrogen-bond acceptors (Lipinski definition) is 3. The molecule has 0 radical (unpaired) electrons. The smallest absolute Gasteiger partial charge is 0.321 e. The molecule has 2 saturated heterocycles. The third-order valence-corrected chi connectivity index (χ3v) is 6.38. The van der Waals surface area contributed by atoms with Gasteiger partial charge in [0, 0.05) is 25.3 Å². The number of rotatable bonds is 5. The molecular formula is C22H31N3O3. The molecule has 2 heterocycles. The van der Waals surface area contributed by atoms with Crippen LogP contribution < -0.4 is 10.6 Å². The molecular weight excluding hydrogens is 354 g/mol. The maximum Gasteiger partial charge on any atom is 0.321 e. The number of nitrogens with zero attached hydrogens (tertiary/aromatic N) is 1. The van der Waals surface area contributed by atoms with E-state index in [4.69, 9.17) is 4.74 Å². The molecule has 1 atom stereocenters. The molecule has 1 aromatic rings. The number of nitrogens with one attached hydrogen (secondary N) is 2. The standard InChI is InChI=1S/C22H31N3O3/c1-2-16-5-7-18(8-6-16)24-21(27)25-13-11-22(12-14-25)10-9-19(28-22)20(26)23-15-17-3-4-17/h5-8,17,19H,2-4,9-15H2,1H3,(H,23,26)(H,24,27). The first kappa shape index (κ1) is 19.2. The number of piperidine rings is 1. The van der Waals surface area contributed by atoms with Gasteiger partial charge in [-0.15, -0.1) is 0 Å². The first-order valence-corrected chi connectivity index (χ1v) is 10.7. The highest BCUT2D eigenvalue weighted by Gasteiger charge is 2.45. The van der Waals surface area contributed by atoms with Crippen LogP contribution in [0.1, 0.15) is 51.0 Å². The fourth-order valence-corrected chi connectivity index (χ4v) is 4.19. The lowest BCUT2D eigenvalue weighted by Gasteiger charge is -2.39. The maximum atomic E-state index is 12.6. The van der Waals surface area contributed by atoms with Crippen LogP contribution in [0.5, 0.6) is 0 Å². The minimum Gasteiger partial charge on any atom is -0.362 e. The van der Waals surface area contributed by atoms with Gasteiger partial charge in [0.15, 0.2) is 0 Å². The van der Waals surface area contributed by atoms with E-state index in [2.05, 4.69) is 17.6 Å². The number of carbonyl (C=O) groups is 2. The molecule has 1 aromatic carbocycles. The summed E-state index contributed by atoms with van der Waals surface area (Å²) in [5.74, 6) is 0.721. The second kappa shape index (κ2) is 8.11. The van der Waals surface area contributed by atoms with Crippen LogP contribution in [0.2, 0.25) is 0 Å². The van der Waals surface area contributed by atoms with Gasteiger partial charge in [-0.05, 0) is 68.6 Å². The van der Waals surface area contributed by atoms with Crippen molar-refractivity contribution < 1.29 is 14.3 Å². The van der Waals surface area contributed by atoms with Crippen LogP contribution in [0.25, 0.3) is 0 Å². The third kappa shape index (κ3) is 4.49. The molecule has 0 aromatic heterocycles. The van der Waals surface area contributed by atoms with Gasteiger partial charge in [-0.25, -0.2) is 4.79 Å². The molecule has 1 spiro atoms. The molecule has 152 valence electrons. The monoisotopic (exact) mass is 385 g/mol. The number of anilines is 1. The fraction of sp³-hybridized carbons (Fsp3) is 0.636. The van der Waals surface area contributed by atoms with E-state index >= 15 is 0 Å². The topological polar surface area (TPSA) is 70.7 Å². The van der Waals surface area contributed by atoms with Crippen molar-refractivity contribution in [2.45, 2.75) is 63.6 Å². The Labute approximate surface area is 167 Å². The molecule has 1 aliphatic carbocycles. The van der Waals surface area contributed by atoms with E-state index in [1.807, 2.05) is 29.2 Å². The van der Waals surface area contributed by atoms with Gasteiger partial charge in [0.25, 0.3) is 0 Å². The van der Waals surface area contributed by atoms with E-state index in [9.17, 15) is 9.59 Å². The van der Waals surface area contributed by atoms with E-state index in [0.29, 0.717) is 19.0 Å². The lowest BCUT2D eigenvalue weighted by atomic mass is 9.88. The molecule has 2 aliphatic heterocycles. The zero-order valence-electron chi connectivity index (χ0n) is 16.7. The summed E-state index contributed by atoms with van der Waals surface area (Å²) in [4.78, 5) is 26.7. The van der Waals surface area contributed by atoms with Crippen molar-refractivity contribution in [3.8, 4) is 0 Å². The van der Waals surface area contributed by atoms with Gasteiger partial charge in [0.1, 0.15) is 6.10 Å². The van der Waals surface area contributed by atoms with Gasteiger partial charge in [-0.1, -0.05) is 19.1 Å². The summed E-state index contributed by atoms with van der Waals surface area (Å²) in [6.45, 7) is 4.23. The molecule has 4 rings (SSSR count). The Morgan fingerprint density at radius 3 is 2.46 bits per heavy atom. The van der Waals surface area contributed by atoms with E-state index in [-0.39, 0.29) is 23.6 Å². The van der Waals surface area contributed by atoms with Gasteiger partial charge in [-0.2, -0.15) is 0 Å². The summed E-state index contributed by atoms with van der Waals surface area (Å²) in [7, 11) is 0. The van der Waals surface area contributed by atoms with Crippen LogP contribution >= 0.6 is 0 Å². The number of ether oxygens (including phenoxy) is 1. The molecule has 6 heteroatoms. The van der Waals surface area contributed by atoms with Gasteiger partial charge >= 0.3 is 6.03 Å². The number of amides is 3. The number of urea groups is 1. The largest absolute Gasteiger partial charge is 0.362 e. The van der Waals surface area contributed by atoms with Crippen LogP contribution in [0.15, 0.2) is 24.3 Å². The van der Waals surface area contributed by atoms with Crippen molar-refractivity contribution in [3.63, 3.8) is 0 Å².